The second-order valence-corrected chi connectivity index (χ2v) is 10.5. The maximum Gasteiger partial charge on any atom is 0.257 e. The SMILES string of the molecule is O=C1c2ccc(CN3CC4(COC4)C3)cc2OCCN1C[C@H](O)CN1CCc2ccccc2C1. The standard InChI is InChI=1S/C27H33N3O4/c31-23(14-28-8-7-21-3-1-2-4-22(21)13-28)15-30-9-10-34-25-11-20(5-6-24(25)26(30)32)12-29-16-27(17-29)18-33-19-27/h1-6,11,23,31H,7-10,12-19H2/t23-/m1/s1. The number of aliphatic hydroxyl groups is 1. The predicted octanol–water partition coefficient (Wildman–Crippen LogP) is 1.77. The number of hydrogen-bond acceptors (Lipinski definition) is 6. The number of likely N-dealkylation sites (tertiary alicyclic amines) is 1. The van der Waals surface area contributed by atoms with Gasteiger partial charge in [-0.25, -0.2) is 0 Å². The fraction of sp³-hybridized carbons (Fsp3) is 0.519. The van der Waals surface area contributed by atoms with E-state index in [1.165, 1.54) is 16.7 Å². The largest absolute Gasteiger partial charge is 0.491 e. The fourth-order valence-corrected chi connectivity index (χ4v) is 5.84. The molecule has 4 aliphatic rings. The van der Waals surface area contributed by atoms with Crippen molar-refractivity contribution in [1.82, 2.24) is 14.7 Å². The van der Waals surface area contributed by atoms with E-state index in [1.807, 2.05) is 18.2 Å². The van der Waals surface area contributed by atoms with E-state index in [9.17, 15) is 9.90 Å². The van der Waals surface area contributed by atoms with E-state index < -0.39 is 6.10 Å². The maximum atomic E-state index is 13.3. The number of amides is 1. The summed E-state index contributed by atoms with van der Waals surface area (Å²) in [4.78, 5) is 19.7. The highest BCUT2D eigenvalue weighted by atomic mass is 16.5. The third-order valence-electron chi connectivity index (χ3n) is 7.63. The van der Waals surface area contributed by atoms with Gasteiger partial charge in [-0.15, -0.1) is 0 Å². The Balaban J connectivity index is 1.05. The Labute approximate surface area is 200 Å². The summed E-state index contributed by atoms with van der Waals surface area (Å²) in [5.74, 6) is 0.603. The Kier molecular flexibility index (Phi) is 5.81. The van der Waals surface area contributed by atoms with E-state index in [1.54, 1.807) is 4.90 Å². The third kappa shape index (κ3) is 4.33. The molecule has 2 aromatic carbocycles. The first-order valence-corrected chi connectivity index (χ1v) is 12.4. The van der Waals surface area contributed by atoms with Crippen LogP contribution >= 0.6 is 0 Å². The molecule has 2 saturated heterocycles. The summed E-state index contributed by atoms with van der Waals surface area (Å²) in [5, 5.41) is 10.8. The molecule has 4 aliphatic heterocycles. The van der Waals surface area contributed by atoms with Crippen molar-refractivity contribution in [1.29, 1.82) is 0 Å². The monoisotopic (exact) mass is 463 g/mol. The van der Waals surface area contributed by atoms with Crippen LogP contribution in [0, 0.1) is 5.41 Å². The van der Waals surface area contributed by atoms with Crippen molar-refractivity contribution in [3.05, 3.63) is 64.7 Å². The molecule has 2 fully saturated rings. The minimum atomic E-state index is -0.593. The van der Waals surface area contributed by atoms with Crippen molar-refractivity contribution in [3.8, 4) is 5.75 Å². The molecule has 34 heavy (non-hydrogen) atoms. The van der Waals surface area contributed by atoms with Gasteiger partial charge in [0.2, 0.25) is 0 Å². The van der Waals surface area contributed by atoms with Crippen LogP contribution in [0.3, 0.4) is 0 Å². The lowest BCUT2D eigenvalue weighted by atomic mass is 9.78. The number of ether oxygens (including phenoxy) is 2. The molecule has 0 aromatic heterocycles. The van der Waals surface area contributed by atoms with E-state index in [0.717, 1.165) is 52.4 Å². The molecule has 7 nitrogen and oxygen atoms in total. The zero-order valence-electron chi connectivity index (χ0n) is 19.6. The molecule has 1 spiro atoms. The molecule has 0 unspecified atom stereocenters. The number of carbonyl (C=O) groups is 1. The second kappa shape index (κ2) is 8.96. The van der Waals surface area contributed by atoms with Gasteiger partial charge in [-0.3, -0.25) is 14.6 Å². The summed E-state index contributed by atoms with van der Waals surface area (Å²) in [5.41, 5.74) is 4.89. The minimum Gasteiger partial charge on any atom is -0.491 e. The van der Waals surface area contributed by atoms with Crippen LogP contribution in [-0.4, -0.2) is 90.9 Å². The molecule has 180 valence electrons. The molecule has 1 atom stereocenters. The van der Waals surface area contributed by atoms with E-state index in [-0.39, 0.29) is 5.91 Å². The molecular formula is C27H33N3O4. The highest BCUT2D eigenvalue weighted by Crippen LogP contribution is 2.38. The van der Waals surface area contributed by atoms with Crippen molar-refractivity contribution in [2.45, 2.75) is 25.6 Å². The van der Waals surface area contributed by atoms with Crippen molar-refractivity contribution in [3.63, 3.8) is 0 Å². The Morgan fingerprint density at radius 3 is 2.62 bits per heavy atom. The lowest BCUT2D eigenvalue weighted by Crippen LogP contribution is -2.65. The number of carbonyl (C=O) groups excluding carboxylic acids is 1. The smallest absolute Gasteiger partial charge is 0.257 e. The molecule has 7 heteroatoms. The summed E-state index contributed by atoms with van der Waals surface area (Å²) in [6.07, 6.45) is 0.408. The first kappa shape index (κ1) is 22.0. The molecule has 6 rings (SSSR count). The number of β-amino-alcohol motifs (C(OH)–C–C–N with tert-alkyl or cyclic N) is 1. The molecule has 0 bridgehead atoms. The zero-order chi connectivity index (χ0) is 23.1. The molecule has 0 radical (unpaired) electrons. The Morgan fingerprint density at radius 1 is 1.00 bits per heavy atom. The molecule has 1 amide bonds. The van der Waals surface area contributed by atoms with Gasteiger partial charge in [0.15, 0.2) is 0 Å². The highest BCUT2D eigenvalue weighted by molar-refractivity contribution is 5.97. The van der Waals surface area contributed by atoms with Crippen LogP contribution in [0.25, 0.3) is 0 Å². The summed E-state index contributed by atoms with van der Waals surface area (Å²) >= 11 is 0. The average molecular weight is 464 g/mol. The van der Waals surface area contributed by atoms with Crippen LogP contribution in [0.15, 0.2) is 42.5 Å². The number of aliphatic hydroxyl groups excluding tert-OH is 1. The van der Waals surface area contributed by atoms with Crippen LogP contribution in [0.4, 0.5) is 0 Å². The Bertz CT molecular complexity index is 1060. The summed E-state index contributed by atoms with van der Waals surface area (Å²) in [6.45, 7) is 8.39. The van der Waals surface area contributed by atoms with Gasteiger partial charge < -0.3 is 19.5 Å². The average Bonchev–Trinajstić information content (AvgIpc) is 2.93. The number of benzene rings is 2. The van der Waals surface area contributed by atoms with Crippen molar-refractivity contribution in [2.24, 2.45) is 5.41 Å². The molecule has 4 heterocycles. The first-order valence-electron chi connectivity index (χ1n) is 12.4. The van der Waals surface area contributed by atoms with Crippen molar-refractivity contribution >= 4 is 5.91 Å². The van der Waals surface area contributed by atoms with Crippen LogP contribution in [0.1, 0.15) is 27.0 Å². The predicted molar refractivity (Wildman–Crippen MR) is 128 cm³/mol. The van der Waals surface area contributed by atoms with Gasteiger partial charge in [-0.1, -0.05) is 30.3 Å². The third-order valence-corrected chi connectivity index (χ3v) is 7.63. The number of hydrogen-bond donors (Lipinski definition) is 1. The minimum absolute atomic E-state index is 0.0587. The van der Waals surface area contributed by atoms with E-state index in [0.29, 0.717) is 43.0 Å². The molecule has 1 N–H and O–H groups in total. The van der Waals surface area contributed by atoms with Crippen molar-refractivity contribution < 1.29 is 19.4 Å². The Hall–Kier alpha value is -2.45. The second-order valence-electron chi connectivity index (χ2n) is 10.5. The lowest BCUT2D eigenvalue weighted by Gasteiger charge is -2.55. The van der Waals surface area contributed by atoms with Gasteiger partial charge in [-0.05, 0) is 35.2 Å². The highest BCUT2D eigenvalue weighted by Gasteiger charge is 2.48. The van der Waals surface area contributed by atoms with Crippen molar-refractivity contribution in [2.75, 3.05) is 59.1 Å². The zero-order valence-corrected chi connectivity index (χ0v) is 19.6. The first-order chi connectivity index (χ1) is 16.6. The topological polar surface area (TPSA) is 65.5 Å². The summed E-state index contributed by atoms with van der Waals surface area (Å²) in [7, 11) is 0. The van der Waals surface area contributed by atoms with Crippen LogP contribution in [0.2, 0.25) is 0 Å². The van der Waals surface area contributed by atoms with Gasteiger partial charge in [0, 0.05) is 51.2 Å². The van der Waals surface area contributed by atoms with Gasteiger partial charge in [0.1, 0.15) is 12.4 Å². The van der Waals surface area contributed by atoms with E-state index in [2.05, 4.69) is 34.1 Å². The molecule has 0 aliphatic carbocycles. The van der Waals surface area contributed by atoms with E-state index in [4.69, 9.17) is 9.47 Å². The quantitative estimate of drug-likeness (QED) is 0.705. The number of fused-ring (bicyclic) bond motifs is 2. The molecule has 0 saturated carbocycles. The number of nitrogens with zero attached hydrogens (tertiary/aromatic N) is 3. The molecule has 2 aromatic rings. The number of rotatable bonds is 6. The summed E-state index contributed by atoms with van der Waals surface area (Å²) in [6, 6.07) is 14.4. The maximum absolute atomic E-state index is 13.3. The Morgan fingerprint density at radius 2 is 1.82 bits per heavy atom. The fourth-order valence-electron chi connectivity index (χ4n) is 5.84. The van der Waals surface area contributed by atoms with Gasteiger partial charge in [0.05, 0.1) is 31.4 Å². The van der Waals surface area contributed by atoms with Crippen LogP contribution in [0.5, 0.6) is 5.75 Å². The van der Waals surface area contributed by atoms with Gasteiger partial charge in [-0.2, -0.15) is 0 Å². The van der Waals surface area contributed by atoms with E-state index >= 15 is 0 Å². The summed E-state index contributed by atoms with van der Waals surface area (Å²) < 4.78 is 11.3. The molecular weight excluding hydrogens is 430 g/mol. The van der Waals surface area contributed by atoms with Gasteiger partial charge in [0.25, 0.3) is 5.91 Å². The van der Waals surface area contributed by atoms with Crippen LogP contribution in [-0.2, 0) is 24.2 Å². The van der Waals surface area contributed by atoms with Crippen LogP contribution < -0.4 is 4.74 Å². The van der Waals surface area contributed by atoms with Gasteiger partial charge >= 0.3 is 0 Å². The lowest BCUT2D eigenvalue weighted by molar-refractivity contribution is -0.191. The normalized spacial score (nSPS) is 22.7.